The Bertz CT molecular complexity index is 138. The largest absolute Gasteiger partial charge is 0.300 e. The molecular weight excluding hydrogens is 148 g/mol. The van der Waals surface area contributed by atoms with Crippen LogP contribution in [-0.4, -0.2) is 5.78 Å². The van der Waals surface area contributed by atoms with Crippen molar-refractivity contribution in [3.63, 3.8) is 0 Å². The van der Waals surface area contributed by atoms with Gasteiger partial charge in [-0.25, -0.2) is 0 Å². The average molecular weight is 161 g/mol. The van der Waals surface area contributed by atoms with Crippen LogP contribution in [0.25, 0.3) is 0 Å². The van der Waals surface area contributed by atoms with E-state index in [4.69, 9.17) is 11.6 Å². The molecule has 0 unspecified atom stereocenters. The maximum Gasteiger partial charge on any atom is 0.132 e. The molecule has 58 valence electrons. The lowest BCUT2D eigenvalue weighted by atomic mass is 10.1. The molecule has 0 bridgehead atoms. The molecule has 0 atom stereocenters. The molecule has 0 spiro atoms. The molecule has 10 heavy (non-hydrogen) atoms. The second-order valence-corrected chi connectivity index (χ2v) is 2.57. The summed E-state index contributed by atoms with van der Waals surface area (Å²) in [6.07, 6.45) is 2.07. The molecule has 0 heterocycles. The number of ketones is 1. The van der Waals surface area contributed by atoms with E-state index in [1.54, 1.807) is 0 Å². The molecule has 0 aliphatic carbocycles. The number of hydrogen-bond acceptors (Lipinski definition) is 1. The molecule has 0 aromatic rings. The Labute approximate surface area is 67.1 Å². The van der Waals surface area contributed by atoms with Crippen molar-refractivity contribution in [2.45, 2.75) is 33.1 Å². The number of halogens is 1. The standard InChI is InChI=1S/C8H13ClO/c1-3-8(10)5-4-7(2)6-9/h6H,3-5H2,1-2H3/b7-6+. The number of rotatable bonds is 4. The summed E-state index contributed by atoms with van der Waals surface area (Å²) in [7, 11) is 0. The molecule has 2 heteroatoms. The van der Waals surface area contributed by atoms with E-state index in [0.717, 1.165) is 12.0 Å². The lowest BCUT2D eigenvalue weighted by Crippen LogP contribution is -1.94. The average Bonchev–Trinajstić information content (AvgIpc) is 1.99. The number of carbonyl (C=O) groups excluding carboxylic acids is 1. The van der Waals surface area contributed by atoms with Gasteiger partial charge in [0.05, 0.1) is 0 Å². The third-order valence-electron chi connectivity index (χ3n) is 1.38. The van der Waals surface area contributed by atoms with E-state index >= 15 is 0 Å². The summed E-state index contributed by atoms with van der Waals surface area (Å²) in [6.45, 7) is 3.80. The molecule has 0 aromatic heterocycles. The van der Waals surface area contributed by atoms with Gasteiger partial charge in [-0.05, 0) is 13.3 Å². The molecule has 0 radical (unpaired) electrons. The van der Waals surface area contributed by atoms with E-state index in [-0.39, 0.29) is 0 Å². The van der Waals surface area contributed by atoms with Crippen molar-refractivity contribution in [1.82, 2.24) is 0 Å². The monoisotopic (exact) mass is 160 g/mol. The van der Waals surface area contributed by atoms with Gasteiger partial charge in [0.2, 0.25) is 0 Å². The zero-order valence-electron chi connectivity index (χ0n) is 6.48. The Kier molecular flexibility index (Phi) is 5.32. The topological polar surface area (TPSA) is 17.1 Å². The molecule has 0 saturated heterocycles. The number of Topliss-reactive ketones (excluding diaryl/α,β-unsaturated/α-hetero) is 1. The molecule has 0 amide bonds. The molecule has 0 aliphatic heterocycles. The van der Waals surface area contributed by atoms with E-state index in [2.05, 4.69) is 0 Å². The highest BCUT2D eigenvalue weighted by molar-refractivity contribution is 6.25. The first-order valence-corrected chi connectivity index (χ1v) is 3.92. The second-order valence-electron chi connectivity index (χ2n) is 2.35. The number of hydrogen-bond donors (Lipinski definition) is 0. The highest BCUT2D eigenvalue weighted by Crippen LogP contribution is 2.06. The van der Waals surface area contributed by atoms with Crippen molar-refractivity contribution < 1.29 is 4.79 Å². The summed E-state index contributed by atoms with van der Waals surface area (Å²) in [5, 5.41) is 0. The van der Waals surface area contributed by atoms with Crippen molar-refractivity contribution in [3.8, 4) is 0 Å². The summed E-state index contributed by atoms with van der Waals surface area (Å²) < 4.78 is 0. The summed E-state index contributed by atoms with van der Waals surface area (Å²) in [4.78, 5) is 10.8. The van der Waals surface area contributed by atoms with Crippen molar-refractivity contribution in [2.24, 2.45) is 0 Å². The van der Waals surface area contributed by atoms with Crippen LogP contribution < -0.4 is 0 Å². The lowest BCUT2D eigenvalue weighted by molar-refractivity contribution is -0.118. The summed E-state index contributed by atoms with van der Waals surface area (Å²) in [6, 6.07) is 0. The maximum atomic E-state index is 10.8. The Balaban J connectivity index is 3.45. The quantitative estimate of drug-likeness (QED) is 0.618. The van der Waals surface area contributed by atoms with Crippen LogP contribution in [0.2, 0.25) is 0 Å². The fourth-order valence-corrected chi connectivity index (χ4v) is 0.677. The molecule has 0 rings (SSSR count). The molecule has 0 fully saturated rings. The molecule has 0 N–H and O–H groups in total. The van der Waals surface area contributed by atoms with Gasteiger partial charge in [-0.1, -0.05) is 24.1 Å². The van der Waals surface area contributed by atoms with Gasteiger partial charge in [0.25, 0.3) is 0 Å². The van der Waals surface area contributed by atoms with Crippen molar-refractivity contribution in [2.75, 3.05) is 0 Å². The van der Waals surface area contributed by atoms with Crippen LogP contribution in [0.15, 0.2) is 11.1 Å². The zero-order valence-corrected chi connectivity index (χ0v) is 7.24. The molecule has 0 aromatic carbocycles. The number of carbonyl (C=O) groups is 1. The molecular formula is C8H13ClO. The fourth-order valence-electron chi connectivity index (χ4n) is 0.568. The van der Waals surface area contributed by atoms with Gasteiger partial charge in [-0.3, -0.25) is 4.79 Å². The minimum Gasteiger partial charge on any atom is -0.300 e. The highest BCUT2D eigenvalue weighted by Gasteiger charge is 1.97. The zero-order chi connectivity index (χ0) is 7.98. The van der Waals surface area contributed by atoms with Crippen LogP contribution in [-0.2, 0) is 4.79 Å². The smallest absolute Gasteiger partial charge is 0.132 e. The SMILES string of the molecule is CCC(=O)CC/C(C)=C/Cl. The Morgan fingerprint density at radius 2 is 2.10 bits per heavy atom. The van der Waals surface area contributed by atoms with Crippen LogP contribution in [0.4, 0.5) is 0 Å². The van der Waals surface area contributed by atoms with Crippen LogP contribution in [0.3, 0.4) is 0 Å². The minimum absolute atomic E-state index is 0.304. The first-order valence-electron chi connectivity index (χ1n) is 3.48. The first kappa shape index (κ1) is 9.70. The van der Waals surface area contributed by atoms with Gasteiger partial charge in [-0.15, -0.1) is 0 Å². The molecule has 0 saturated carbocycles. The first-order chi connectivity index (χ1) is 4.70. The Morgan fingerprint density at radius 1 is 1.50 bits per heavy atom. The van der Waals surface area contributed by atoms with Crippen molar-refractivity contribution in [1.29, 1.82) is 0 Å². The molecule has 1 nitrogen and oxygen atoms in total. The van der Waals surface area contributed by atoms with Crippen LogP contribution in [0, 0.1) is 0 Å². The van der Waals surface area contributed by atoms with E-state index in [1.807, 2.05) is 13.8 Å². The van der Waals surface area contributed by atoms with Gasteiger partial charge in [-0.2, -0.15) is 0 Å². The second kappa shape index (κ2) is 5.48. The van der Waals surface area contributed by atoms with E-state index in [0.29, 0.717) is 18.6 Å². The minimum atomic E-state index is 0.304. The van der Waals surface area contributed by atoms with Crippen LogP contribution in [0.1, 0.15) is 33.1 Å². The predicted octanol–water partition coefficient (Wildman–Crippen LogP) is 2.89. The van der Waals surface area contributed by atoms with Crippen molar-refractivity contribution >= 4 is 17.4 Å². The summed E-state index contributed by atoms with van der Waals surface area (Å²) in [5.41, 5.74) is 2.60. The Morgan fingerprint density at radius 3 is 2.50 bits per heavy atom. The lowest BCUT2D eigenvalue weighted by Gasteiger charge is -1.96. The molecule has 0 aliphatic rings. The van der Waals surface area contributed by atoms with Crippen LogP contribution in [0.5, 0.6) is 0 Å². The van der Waals surface area contributed by atoms with Gasteiger partial charge in [0, 0.05) is 18.4 Å². The maximum absolute atomic E-state index is 10.8. The highest BCUT2D eigenvalue weighted by atomic mass is 35.5. The fraction of sp³-hybridized carbons (Fsp3) is 0.625. The van der Waals surface area contributed by atoms with E-state index in [1.165, 1.54) is 5.54 Å². The van der Waals surface area contributed by atoms with Gasteiger partial charge in [0.15, 0.2) is 0 Å². The van der Waals surface area contributed by atoms with Crippen molar-refractivity contribution in [3.05, 3.63) is 11.1 Å². The third-order valence-corrected chi connectivity index (χ3v) is 1.75. The van der Waals surface area contributed by atoms with Crippen LogP contribution >= 0.6 is 11.6 Å². The summed E-state index contributed by atoms with van der Waals surface area (Å²) >= 11 is 5.41. The predicted molar refractivity (Wildman–Crippen MR) is 44.1 cm³/mol. The Hall–Kier alpha value is -0.300. The third kappa shape index (κ3) is 4.57. The van der Waals surface area contributed by atoms with Gasteiger partial charge in [0.1, 0.15) is 5.78 Å². The van der Waals surface area contributed by atoms with Gasteiger partial charge < -0.3 is 0 Å². The number of allylic oxidation sites excluding steroid dienone is 1. The normalized spacial score (nSPS) is 11.7. The van der Waals surface area contributed by atoms with E-state index in [9.17, 15) is 4.79 Å². The summed E-state index contributed by atoms with van der Waals surface area (Å²) in [5.74, 6) is 0.304. The van der Waals surface area contributed by atoms with Gasteiger partial charge >= 0.3 is 0 Å². The van der Waals surface area contributed by atoms with E-state index < -0.39 is 0 Å².